The molecule has 0 N–H and O–H groups in total. The molecule has 1 unspecified atom stereocenters. The predicted molar refractivity (Wildman–Crippen MR) is 274 cm³/mol. The van der Waals surface area contributed by atoms with Crippen molar-refractivity contribution in [3.8, 4) is 0 Å². The third kappa shape index (κ3) is 48.3. The minimum Gasteiger partial charge on any atom is -0.462 e. The number of unbranched alkanes of at least 4 members (excludes halogenated alkanes) is 16. The molecule has 0 saturated carbocycles. The molecule has 0 aromatic rings. The Morgan fingerprint density at radius 1 is 0.328 bits per heavy atom. The number of hydrogen-bond donors (Lipinski definition) is 0. The van der Waals surface area contributed by atoms with E-state index < -0.39 is 6.10 Å². The molecule has 0 aromatic carbocycles. The highest BCUT2D eigenvalue weighted by molar-refractivity contribution is 5.71. The standard InChI is InChI=1S/C58H88O6/c1-4-7-10-13-16-19-22-25-27-28-29-31-33-36-39-42-45-48-51-57(60)63-54-55(53-62-56(59)50-47-44-41-38-35-32-24-21-18-15-12-9-6-3)64-58(61)52-49-46-43-40-37-34-30-26-23-20-17-14-11-8-5-2/h8-9,11-12,14-32,35,55H,4-7,10,13,33-34,36-54H2,1-3H3/b11-8-,12-9-,17-14-,18-15-,19-16-,23-20-,24-21-,25-22-,28-27-,30-26-,31-29-,35-32-. The molecule has 6 heteroatoms. The highest BCUT2D eigenvalue weighted by Crippen LogP contribution is 2.12. The van der Waals surface area contributed by atoms with Crippen LogP contribution in [0.5, 0.6) is 0 Å². The van der Waals surface area contributed by atoms with Gasteiger partial charge in [-0.05, 0) is 83.5 Å². The van der Waals surface area contributed by atoms with Crippen molar-refractivity contribution >= 4 is 17.9 Å². The molecule has 0 aliphatic rings. The second-order valence-electron chi connectivity index (χ2n) is 15.9. The number of hydrogen-bond acceptors (Lipinski definition) is 6. The van der Waals surface area contributed by atoms with Crippen molar-refractivity contribution in [1.29, 1.82) is 0 Å². The fraction of sp³-hybridized carbons (Fsp3) is 0.534. The Hall–Kier alpha value is -4.71. The summed E-state index contributed by atoms with van der Waals surface area (Å²) in [6.45, 7) is 6.21. The lowest BCUT2D eigenvalue weighted by molar-refractivity contribution is -0.167. The van der Waals surface area contributed by atoms with Crippen LogP contribution in [0.25, 0.3) is 0 Å². The normalized spacial score (nSPS) is 13.4. The lowest BCUT2D eigenvalue weighted by atomic mass is 10.1. The summed E-state index contributed by atoms with van der Waals surface area (Å²) < 4.78 is 16.7. The van der Waals surface area contributed by atoms with Crippen LogP contribution in [0.2, 0.25) is 0 Å². The van der Waals surface area contributed by atoms with E-state index in [1.165, 1.54) is 19.3 Å². The average Bonchev–Trinajstić information content (AvgIpc) is 3.29. The van der Waals surface area contributed by atoms with Gasteiger partial charge in [-0.3, -0.25) is 14.4 Å². The quantitative estimate of drug-likeness (QED) is 0.0263. The van der Waals surface area contributed by atoms with E-state index in [-0.39, 0.29) is 37.5 Å². The van der Waals surface area contributed by atoms with Crippen LogP contribution < -0.4 is 0 Å². The summed E-state index contributed by atoms with van der Waals surface area (Å²) >= 11 is 0. The molecule has 0 fully saturated rings. The summed E-state index contributed by atoms with van der Waals surface area (Å²) in [5.41, 5.74) is 0. The zero-order valence-corrected chi connectivity index (χ0v) is 40.5. The molecule has 0 spiro atoms. The van der Waals surface area contributed by atoms with E-state index >= 15 is 0 Å². The third-order valence-corrected chi connectivity index (χ3v) is 9.84. The van der Waals surface area contributed by atoms with E-state index in [0.29, 0.717) is 12.8 Å². The number of carbonyl (C=O) groups excluding carboxylic acids is 3. The molecular formula is C58H88O6. The van der Waals surface area contributed by atoms with Gasteiger partial charge in [0.25, 0.3) is 0 Å². The zero-order valence-electron chi connectivity index (χ0n) is 40.5. The van der Waals surface area contributed by atoms with Crippen LogP contribution in [-0.2, 0) is 28.6 Å². The Morgan fingerprint density at radius 2 is 0.609 bits per heavy atom. The monoisotopic (exact) mass is 881 g/mol. The molecule has 0 aromatic heterocycles. The van der Waals surface area contributed by atoms with Crippen molar-refractivity contribution in [3.05, 3.63) is 146 Å². The first-order valence-corrected chi connectivity index (χ1v) is 25.0. The van der Waals surface area contributed by atoms with Crippen molar-refractivity contribution < 1.29 is 28.6 Å². The number of carbonyl (C=O) groups is 3. The Kier molecular flexibility index (Phi) is 47.2. The molecule has 356 valence electrons. The van der Waals surface area contributed by atoms with Crippen molar-refractivity contribution in [2.75, 3.05) is 13.2 Å². The van der Waals surface area contributed by atoms with Crippen LogP contribution in [0.15, 0.2) is 146 Å². The summed E-state index contributed by atoms with van der Waals surface area (Å²) in [5, 5.41) is 0. The molecule has 0 heterocycles. The van der Waals surface area contributed by atoms with Gasteiger partial charge >= 0.3 is 17.9 Å². The predicted octanol–water partition coefficient (Wildman–Crippen LogP) is 16.5. The number of esters is 3. The summed E-state index contributed by atoms with van der Waals surface area (Å²) in [6, 6.07) is 0. The summed E-state index contributed by atoms with van der Waals surface area (Å²) in [6.07, 6.45) is 72.5. The van der Waals surface area contributed by atoms with Gasteiger partial charge in [-0.1, -0.05) is 224 Å². The van der Waals surface area contributed by atoms with Crippen LogP contribution in [-0.4, -0.2) is 37.2 Å². The summed E-state index contributed by atoms with van der Waals surface area (Å²) in [7, 11) is 0. The molecule has 0 bridgehead atoms. The zero-order chi connectivity index (χ0) is 46.5. The smallest absolute Gasteiger partial charge is 0.306 e. The van der Waals surface area contributed by atoms with Gasteiger partial charge in [0.1, 0.15) is 13.2 Å². The first kappa shape index (κ1) is 59.3. The van der Waals surface area contributed by atoms with Crippen LogP contribution in [0.1, 0.15) is 181 Å². The molecule has 6 nitrogen and oxygen atoms in total. The Bertz CT molecular complexity index is 1480. The van der Waals surface area contributed by atoms with Crippen LogP contribution in [0.3, 0.4) is 0 Å². The first-order chi connectivity index (χ1) is 31.5. The van der Waals surface area contributed by atoms with Gasteiger partial charge in [0, 0.05) is 19.3 Å². The van der Waals surface area contributed by atoms with E-state index in [4.69, 9.17) is 14.2 Å². The maximum atomic E-state index is 12.8. The Labute approximate surface area is 391 Å². The SMILES string of the molecule is CC\C=C/C=C\C=C/C=C\CCCCCCCC(=O)OC(COC(=O)CCCCC\C=C/C=C\C=C/C=C\CC)COC(=O)CCCCCCC\C=C/C=C\C=C/C=C\CCCCC. The topological polar surface area (TPSA) is 78.9 Å². The largest absolute Gasteiger partial charge is 0.462 e. The van der Waals surface area contributed by atoms with E-state index in [1.807, 2.05) is 60.8 Å². The highest BCUT2D eigenvalue weighted by atomic mass is 16.6. The van der Waals surface area contributed by atoms with Crippen LogP contribution >= 0.6 is 0 Å². The molecule has 0 amide bonds. The van der Waals surface area contributed by atoms with Gasteiger partial charge in [-0.25, -0.2) is 0 Å². The van der Waals surface area contributed by atoms with Gasteiger partial charge in [0.2, 0.25) is 0 Å². The molecule has 0 aliphatic carbocycles. The summed E-state index contributed by atoms with van der Waals surface area (Å²) in [4.78, 5) is 37.9. The van der Waals surface area contributed by atoms with Crippen molar-refractivity contribution in [3.63, 3.8) is 0 Å². The molecule has 0 aliphatic heterocycles. The molecule has 1 atom stereocenters. The highest BCUT2D eigenvalue weighted by Gasteiger charge is 2.19. The molecular weight excluding hydrogens is 793 g/mol. The Balaban J connectivity index is 4.57. The molecule has 0 saturated heterocycles. The lowest BCUT2D eigenvalue weighted by Gasteiger charge is -2.18. The van der Waals surface area contributed by atoms with Crippen LogP contribution in [0.4, 0.5) is 0 Å². The fourth-order valence-corrected chi connectivity index (χ4v) is 6.12. The van der Waals surface area contributed by atoms with Crippen molar-refractivity contribution in [2.45, 2.75) is 187 Å². The first-order valence-electron chi connectivity index (χ1n) is 25.0. The lowest BCUT2D eigenvalue weighted by Crippen LogP contribution is -2.30. The van der Waals surface area contributed by atoms with Gasteiger partial charge in [-0.15, -0.1) is 0 Å². The van der Waals surface area contributed by atoms with Crippen LogP contribution in [0, 0.1) is 0 Å². The van der Waals surface area contributed by atoms with E-state index in [9.17, 15) is 14.4 Å². The number of allylic oxidation sites excluding steroid dienone is 24. The molecule has 64 heavy (non-hydrogen) atoms. The van der Waals surface area contributed by atoms with Crippen molar-refractivity contribution in [1.82, 2.24) is 0 Å². The molecule has 0 rings (SSSR count). The summed E-state index contributed by atoms with van der Waals surface area (Å²) in [5.74, 6) is -1.02. The van der Waals surface area contributed by atoms with E-state index in [0.717, 1.165) is 122 Å². The van der Waals surface area contributed by atoms with Gasteiger partial charge in [-0.2, -0.15) is 0 Å². The number of ether oxygens (including phenoxy) is 3. The van der Waals surface area contributed by atoms with E-state index in [2.05, 4.69) is 106 Å². The maximum absolute atomic E-state index is 12.8. The minimum atomic E-state index is -0.823. The number of rotatable bonds is 42. The molecule has 0 radical (unpaired) electrons. The fourth-order valence-electron chi connectivity index (χ4n) is 6.12. The average molecular weight is 881 g/mol. The van der Waals surface area contributed by atoms with Gasteiger partial charge in [0.05, 0.1) is 0 Å². The van der Waals surface area contributed by atoms with Gasteiger partial charge in [0.15, 0.2) is 6.10 Å². The van der Waals surface area contributed by atoms with Gasteiger partial charge < -0.3 is 14.2 Å². The third-order valence-electron chi connectivity index (χ3n) is 9.84. The minimum absolute atomic E-state index is 0.120. The second-order valence-corrected chi connectivity index (χ2v) is 15.9. The Morgan fingerprint density at radius 3 is 0.969 bits per heavy atom. The maximum Gasteiger partial charge on any atom is 0.306 e. The second kappa shape index (κ2) is 50.9. The van der Waals surface area contributed by atoms with E-state index in [1.54, 1.807) is 0 Å². The van der Waals surface area contributed by atoms with Crippen molar-refractivity contribution in [2.24, 2.45) is 0 Å².